The lowest BCUT2D eigenvalue weighted by Gasteiger charge is -2.09. The molecule has 9 nitrogen and oxygen atoms in total. The molecule has 0 aliphatic heterocycles. The van der Waals surface area contributed by atoms with Crippen molar-refractivity contribution >= 4 is 33.9 Å². The molecule has 174 valence electrons. The minimum absolute atomic E-state index is 0.166. The third-order valence-corrected chi connectivity index (χ3v) is 5.50. The Kier molecular flexibility index (Phi) is 7.63. The number of nitrogens with one attached hydrogen (secondary N) is 2. The quantitative estimate of drug-likeness (QED) is 0.140. The van der Waals surface area contributed by atoms with Gasteiger partial charge in [0.1, 0.15) is 30.3 Å². The van der Waals surface area contributed by atoms with Crippen LogP contribution in [-0.4, -0.2) is 34.5 Å². The second-order valence-corrected chi connectivity index (χ2v) is 8.00. The molecule has 3 N–H and O–H groups in total. The van der Waals surface area contributed by atoms with Gasteiger partial charge in [-0.15, -0.1) is 0 Å². The summed E-state index contributed by atoms with van der Waals surface area (Å²) < 4.78 is 17.3. The molecule has 0 saturated heterocycles. The number of fused-ring (bicyclic) bond motifs is 1. The van der Waals surface area contributed by atoms with E-state index in [1.807, 2.05) is 18.2 Å². The molecule has 0 bridgehead atoms. The van der Waals surface area contributed by atoms with Gasteiger partial charge in [-0.3, -0.25) is 19.8 Å². The molecule has 0 atom stereocenters. The van der Waals surface area contributed by atoms with E-state index in [1.54, 1.807) is 60.3 Å². The number of thioether (sulfide) groups is 1. The van der Waals surface area contributed by atoms with Crippen LogP contribution in [0.25, 0.3) is 11.0 Å². The van der Waals surface area contributed by atoms with E-state index in [-0.39, 0.29) is 31.4 Å². The molecule has 10 heteroatoms. The second-order valence-electron chi connectivity index (χ2n) is 6.95. The summed E-state index contributed by atoms with van der Waals surface area (Å²) in [5, 5.41) is 11.6. The minimum Gasteiger partial charge on any atom is -0.492 e. The number of carbonyl (C=O) groups is 2. The van der Waals surface area contributed by atoms with Crippen LogP contribution in [0.4, 0.5) is 4.79 Å². The summed E-state index contributed by atoms with van der Waals surface area (Å²) in [4.78, 5) is 28.6. The molecule has 4 aromatic rings. The number of hydroxylamine groups is 1. The van der Waals surface area contributed by atoms with Gasteiger partial charge in [0.2, 0.25) is 0 Å². The second kappa shape index (κ2) is 11.2. The zero-order valence-corrected chi connectivity index (χ0v) is 18.7. The van der Waals surface area contributed by atoms with Gasteiger partial charge in [0.05, 0.1) is 6.54 Å². The highest BCUT2D eigenvalue weighted by molar-refractivity contribution is 8.13. The molecular formula is C24H21N3O6S. The van der Waals surface area contributed by atoms with E-state index >= 15 is 0 Å². The molecule has 0 radical (unpaired) electrons. The van der Waals surface area contributed by atoms with Gasteiger partial charge < -0.3 is 19.2 Å². The maximum Gasteiger partial charge on any atom is 0.307 e. The van der Waals surface area contributed by atoms with E-state index in [1.165, 1.54) is 0 Å². The molecule has 0 saturated carbocycles. The Labute approximate surface area is 199 Å². The van der Waals surface area contributed by atoms with Crippen LogP contribution in [0.15, 0.2) is 82.4 Å². The summed E-state index contributed by atoms with van der Waals surface area (Å²) in [6.07, 6.45) is 3.27. The average molecular weight is 480 g/mol. The molecule has 0 aliphatic rings. The van der Waals surface area contributed by atoms with Crippen molar-refractivity contribution < 1.29 is 28.7 Å². The summed E-state index contributed by atoms with van der Waals surface area (Å²) in [7, 11) is 0. The zero-order valence-electron chi connectivity index (χ0n) is 17.9. The van der Waals surface area contributed by atoms with E-state index in [0.717, 1.165) is 17.1 Å². The highest BCUT2D eigenvalue weighted by atomic mass is 32.2. The lowest BCUT2D eigenvalue weighted by molar-refractivity contribution is 0.0918. The molecule has 0 aliphatic carbocycles. The van der Waals surface area contributed by atoms with Crippen molar-refractivity contribution in [3.8, 4) is 11.5 Å². The summed E-state index contributed by atoms with van der Waals surface area (Å²) in [6.45, 7) is 0.654. The van der Waals surface area contributed by atoms with E-state index in [4.69, 9.17) is 19.1 Å². The van der Waals surface area contributed by atoms with Crippen LogP contribution >= 0.6 is 11.8 Å². The SMILES string of the molecule is O=C(NO)Sc1ccc(OCCNC(=O)c2oc3ccccc3c2COc2ccncc2)cc1. The van der Waals surface area contributed by atoms with Crippen molar-refractivity contribution in [3.05, 3.63) is 84.4 Å². The first-order chi connectivity index (χ1) is 16.6. The predicted octanol–water partition coefficient (Wildman–Crippen LogP) is 4.41. The van der Waals surface area contributed by atoms with Crippen LogP contribution in [0.2, 0.25) is 0 Å². The molecular weight excluding hydrogens is 458 g/mol. The lowest BCUT2D eigenvalue weighted by Crippen LogP contribution is -2.28. The maximum absolute atomic E-state index is 12.8. The van der Waals surface area contributed by atoms with Gasteiger partial charge in [0.15, 0.2) is 5.76 Å². The number of hydrogen-bond acceptors (Lipinski definition) is 8. The van der Waals surface area contributed by atoms with Crippen molar-refractivity contribution in [2.75, 3.05) is 13.2 Å². The molecule has 0 unspecified atom stereocenters. The van der Waals surface area contributed by atoms with Crippen LogP contribution < -0.4 is 20.3 Å². The van der Waals surface area contributed by atoms with Crippen LogP contribution in [-0.2, 0) is 6.61 Å². The van der Waals surface area contributed by atoms with Crippen molar-refractivity contribution in [2.45, 2.75) is 11.5 Å². The minimum atomic E-state index is -0.576. The van der Waals surface area contributed by atoms with Gasteiger partial charge in [-0.2, -0.15) is 0 Å². The number of benzene rings is 2. The number of carbonyl (C=O) groups excluding carboxylic acids is 2. The van der Waals surface area contributed by atoms with Crippen LogP contribution in [0, 0.1) is 0 Å². The Morgan fingerprint density at radius 1 is 0.971 bits per heavy atom. The van der Waals surface area contributed by atoms with Gasteiger partial charge in [-0.25, -0.2) is 5.48 Å². The third-order valence-electron chi connectivity index (χ3n) is 4.72. The fourth-order valence-corrected chi connectivity index (χ4v) is 3.69. The molecule has 0 spiro atoms. The number of hydrogen-bond donors (Lipinski definition) is 3. The number of pyridine rings is 1. The first-order valence-corrected chi connectivity index (χ1v) is 11.1. The molecule has 0 fully saturated rings. The lowest BCUT2D eigenvalue weighted by atomic mass is 10.1. The largest absolute Gasteiger partial charge is 0.492 e. The monoisotopic (exact) mass is 479 g/mol. The molecule has 2 heterocycles. The Hall–Kier alpha value is -4.02. The van der Waals surface area contributed by atoms with Gasteiger partial charge in [0, 0.05) is 28.2 Å². The Morgan fingerprint density at radius 3 is 2.47 bits per heavy atom. The van der Waals surface area contributed by atoms with Crippen LogP contribution in [0.3, 0.4) is 0 Å². The molecule has 2 amide bonds. The highest BCUT2D eigenvalue weighted by Crippen LogP contribution is 2.27. The van der Waals surface area contributed by atoms with Crippen molar-refractivity contribution in [1.29, 1.82) is 0 Å². The molecule has 4 rings (SSSR count). The number of amides is 2. The van der Waals surface area contributed by atoms with Gasteiger partial charge in [-0.1, -0.05) is 18.2 Å². The zero-order chi connectivity index (χ0) is 23.8. The van der Waals surface area contributed by atoms with Crippen LogP contribution in [0.1, 0.15) is 16.1 Å². The van der Waals surface area contributed by atoms with E-state index in [2.05, 4.69) is 10.3 Å². The molecule has 2 aromatic heterocycles. The summed E-state index contributed by atoms with van der Waals surface area (Å²) in [5.41, 5.74) is 2.82. The summed E-state index contributed by atoms with van der Waals surface area (Å²) in [5.74, 6) is 1.05. The fraction of sp³-hybridized carbons (Fsp3) is 0.125. The number of para-hydroxylation sites is 1. The summed E-state index contributed by atoms with van der Waals surface area (Å²) >= 11 is 0.851. The van der Waals surface area contributed by atoms with E-state index in [9.17, 15) is 9.59 Å². The summed E-state index contributed by atoms with van der Waals surface area (Å²) in [6, 6.07) is 17.7. The number of furan rings is 1. The third kappa shape index (κ3) is 5.85. The molecule has 34 heavy (non-hydrogen) atoms. The normalized spacial score (nSPS) is 10.6. The number of rotatable bonds is 9. The number of nitrogens with zero attached hydrogens (tertiary/aromatic N) is 1. The Bertz CT molecular complexity index is 1260. The molecule has 2 aromatic carbocycles. The average Bonchev–Trinajstić information content (AvgIpc) is 3.25. The van der Waals surface area contributed by atoms with Gasteiger partial charge >= 0.3 is 5.24 Å². The number of aromatic nitrogens is 1. The van der Waals surface area contributed by atoms with Crippen molar-refractivity contribution in [3.63, 3.8) is 0 Å². The Balaban J connectivity index is 1.35. The predicted molar refractivity (Wildman–Crippen MR) is 125 cm³/mol. The van der Waals surface area contributed by atoms with E-state index in [0.29, 0.717) is 27.5 Å². The van der Waals surface area contributed by atoms with Gasteiger partial charge in [-0.05, 0) is 54.2 Å². The maximum atomic E-state index is 12.8. The number of ether oxygens (including phenoxy) is 2. The standard InChI is InChI=1S/C24H21N3O6S/c28-23(26-13-14-31-16-5-7-18(8-6-16)34-24(29)27-30)22-20(15-32-17-9-11-25-12-10-17)19-3-1-2-4-21(19)33-22/h1-12,30H,13-15H2,(H,26,28)(H,27,29). The Morgan fingerprint density at radius 2 is 1.71 bits per heavy atom. The first-order valence-electron chi connectivity index (χ1n) is 10.3. The fourth-order valence-electron chi connectivity index (χ4n) is 3.16. The smallest absolute Gasteiger partial charge is 0.307 e. The van der Waals surface area contributed by atoms with Gasteiger partial charge in [0.25, 0.3) is 5.91 Å². The first kappa shape index (κ1) is 23.1. The van der Waals surface area contributed by atoms with Crippen LogP contribution in [0.5, 0.6) is 11.5 Å². The van der Waals surface area contributed by atoms with Crippen molar-refractivity contribution in [1.82, 2.24) is 15.8 Å². The van der Waals surface area contributed by atoms with E-state index < -0.39 is 5.24 Å². The van der Waals surface area contributed by atoms with Crippen molar-refractivity contribution in [2.24, 2.45) is 0 Å². The topological polar surface area (TPSA) is 123 Å². The highest BCUT2D eigenvalue weighted by Gasteiger charge is 2.20.